The Morgan fingerprint density at radius 2 is 2.00 bits per heavy atom. The Kier molecular flexibility index (Phi) is 4.32. The molecule has 108 valence electrons. The molecule has 1 saturated carbocycles. The molecule has 4 atom stereocenters. The molecule has 0 aromatic rings. The second-order valence-corrected chi connectivity index (χ2v) is 6.30. The molecule has 1 aliphatic heterocycles. The number of hydrogen-bond donors (Lipinski definition) is 2. The third-order valence-electron chi connectivity index (χ3n) is 4.56. The molecule has 0 aromatic heterocycles. The Hall–Kier alpha value is -1.26. The van der Waals surface area contributed by atoms with Crippen molar-refractivity contribution in [2.24, 2.45) is 23.7 Å². The van der Waals surface area contributed by atoms with Crippen molar-refractivity contribution in [2.75, 3.05) is 19.6 Å². The van der Waals surface area contributed by atoms with Gasteiger partial charge in [0.25, 0.3) is 0 Å². The maximum Gasteiger partial charge on any atom is 0.317 e. The topological polar surface area (TPSA) is 69.6 Å². The minimum atomic E-state index is -0.799. The van der Waals surface area contributed by atoms with Crippen LogP contribution in [0.1, 0.15) is 33.1 Å². The van der Waals surface area contributed by atoms with E-state index in [0.717, 1.165) is 12.5 Å². The van der Waals surface area contributed by atoms with Gasteiger partial charge in [-0.25, -0.2) is 4.79 Å². The second kappa shape index (κ2) is 5.80. The molecule has 0 bridgehead atoms. The lowest BCUT2D eigenvalue weighted by molar-refractivity contribution is -0.142. The van der Waals surface area contributed by atoms with Crippen LogP contribution in [0, 0.1) is 23.7 Å². The van der Waals surface area contributed by atoms with Crippen molar-refractivity contribution in [3.8, 4) is 0 Å². The van der Waals surface area contributed by atoms with Gasteiger partial charge in [-0.3, -0.25) is 4.79 Å². The van der Waals surface area contributed by atoms with Crippen LogP contribution in [0.15, 0.2) is 0 Å². The number of aliphatic carboxylic acids is 1. The van der Waals surface area contributed by atoms with Gasteiger partial charge in [-0.1, -0.05) is 20.3 Å². The van der Waals surface area contributed by atoms with Crippen molar-refractivity contribution in [1.82, 2.24) is 10.2 Å². The summed E-state index contributed by atoms with van der Waals surface area (Å²) in [6.07, 6.45) is 3.63. The van der Waals surface area contributed by atoms with Crippen molar-refractivity contribution in [2.45, 2.75) is 33.1 Å². The van der Waals surface area contributed by atoms with E-state index in [0.29, 0.717) is 19.0 Å². The fraction of sp³-hybridized carbons (Fsp3) is 0.857. The van der Waals surface area contributed by atoms with Crippen LogP contribution in [0.5, 0.6) is 0 Å². The summed E-state index contributed by atoms with van der Waals surface area (Å²) in [5.41, 5.74) is 0. The van der Waals surface area contributed by atoms with Crippen LogP contribution in [-0.4, -0.2) is 41.6 Å². The molecule has 19 heavy (non-hydrogen) atoms. The number of urea groups is 1. The predicted molar refractivity (Wildman–Crippen MR) is 71.8 cm³/mol. The molecule has 2 fully saturated rings. The average molecular weight is 268 g/mol. The zero-order valence-electron chi connectivity index (χ0n) is 11.8. The van der Waals surface area contributed by atoms with E-state index < -0.39 is 11.9 Å². The molecule has 0 aromatic carbocycles. The number of carbonyl (C=O) groups excluding carboxylic acids is 1. The third kappa shape index (κ3) is 3.39. The van der Waals surface area contributed by atoms with E-state index in [2.05, 4.69) is 12.2 Å². The molecule has 1 heterocycles. The number of likely N-dealkylation sites (tertiary alicyclic amines) is 1. The molecule has 1 aliphatic carbocycles. The third-order valence-corrected chi connectivity index (χ3v) is 4.56. The molecule has 4 unspecified atom stereocenters. The maximum atomic E-state index is 12.0. The van der Waals surface area contributed by atoms with E-state index in [9.17, 15) is 9.59 Å². The SMILES string of the molecule is CC1CCC(CNC(=O)N2CC(C)C(C(=O)O)C2)C1. The highest BCUT2D eigenvalue weighted by molar-refractivity contribution is 5.77. The minimum Gasteiger partial charge on any atom is -0.481 e. The molecule has 2 amide bonds. The lowest BCUT2D eigenvalue weighted by atomic mass is 9.99. The summed E-state index contributed by atoms with van der Waals surface area (Å²) < 4.78 is 0. The van der Waals surface area contributed by atoms with Crippen LogP contribution in [0.3, 0.4) is 0 Å². The number of rotatable bonds is 3. The Morgan fingerprint density at radius 3 is 2.53 bits per heavy atom. The first-order valence-corrected chi connectivity index (χ1v) is 7.23. The maximum absolute atomic E-state index is 12.0. The van der Waals surface area contributed by atoms with Crippen molar-refractivity contribution < 1.29 is 14.7 Å². The molecule has 5 heteroatoms. The Labute approximate surface area is 114 Å². The smallest absolute Gasteiger partial charge is 0.317 e. The summed E-state index contributed by atoms with van der Waals surface area (Å²) in [5, 5.41) is 12.0. The molecular formula is C14H24N2O3. The molecule has 2 rings (SSSR count). The predicted octanol–water partition coefficient (Wildman–Crippen LogP) is 1.78. The fourth-order valence-corrected chi connectivity index (χ4v) is 3.31. The van der Waals surface area contributed by atoms with Gasteiger partial charge in [0.15, 0.2) is 0 Å². The van der Waals surface area contributed by atoms with Crippen molar-refractivity contribution in [3.63, 3.8) is 0 Å². The quantitative estimate of drug-likeness (QED) is 0.819. The highest BCUT2D eigenvalue weighted by atomic mass is 16.4. The summed E-state index contributed by atoms with van der Waals surface area (Å²) in [4.78, 5) is 24.7. The number of carboxylic acids is 1. The summed E-state index contributed by atoms with van der Waals surface area (Å²) in [7, 11) is 0. The lowest BCUT2D eigenvalue weighted by Gasteiger charge is -2.18. The average Bonchev–Trinajstić information content (AvgIpc) is 2.92. The van der Waals surface area contributed by atoms with E-state index in [1.807, 2.05) is 6.92 Å². The first kappa shape index (κ1) is 14.2. The van der Waals surface area contributed by atoms with Crippen LogP contribution in [0.25, 0.3) is 0 Å². The lowest BCUT2D eigenvalue weighted by Crippen LogP contribution is -2.40. The number of nitrogens with one attached hydrogen (secondary N) is 1. The van der Waals surface area contributed by atoms with Gasteiger partial charge < -0.3 is 15.3 Å². The summed E-state index contributed by atoms with van der Waals surface area (Å²) in [5.74, 6) is 0.179. The molecule has 1 saturated heterocycles. The standard InChI is InChI=1S/C14H24N2O3/c1-9-3-4-11(5-9)6-15-14(19)16-7-10(2)12(8-16)13(17)18/h9-12H,3-8H2,1-2H3,(H,15,19)(H,17,18). The van der Waals surface area contributed by atoms with Crippen molar-refractivity contribution >= 4 is 12.0 Å². The van der Waals surface area contributed by atoms with Gasteiger partial charge >= 0.3 is 12.0 Å². The zero-order chi connectivity index (χ0) is 14.0. The Morgan fingerprint density at radius 1 is 1.26 bits per heavy atom. The largest absolute Gasteiger partial charge is 0.481 e. The normalized spacial score (nSPS) is 34.5. The number of amides is 2. The van der Waals surface area contributed by atoms with Gasteiger partial charge in [0, 0.05) is 19.6 Å². The van der Waals surface area contributed by atoms with Crippen LogP contribution >= 0.6 is 0 Å². The Bertz CT molecular complexity index is 359. The Balaban J connectivity index is 1.76. The van der Waals surface area contributed by atoms with Crippen LogP contribution in [-0.2, 0) is 4.79 Å². The summed E-state index contributed by atoms with van der Waals surface area (Å²) >= 11 is 0. The first-order valence-electron chi connectivity index (χ1n) is 7.23. The summed E-state index contributed by atoms with van der Waals surface area (Å²) in [6, 6.07) is -0.102. The van der Waals surface area contributed by atoms with Gasteiger partial charge in [-0.2, -0.15) is 0 Å². The zero-order valence-corrected chi connectivity index (χ0v) is 11.8. The van der Waals surface area contributed by atoms with Gasteiger partial charge in [0.2, 0.25) is 0 Å². The molecule has 2 aliphatic rings. The molecule has 2 N–H and O–H groups in total. The van der Waals surface area contributed by atoms with Gasteiger partial charge in [-0.05, 0) is 30.6 Å². The van der Waals surface area contributed by atoms with E-state index in [1.54, 1.807) is 4.90 Å². The molecular weight excluding hydrogens is 244 g/mol. The van der Waals surface area contributed by atoms with E-state index in [4.69, 9.17) is 5.11 Å². The highest BCUT2D eigenvalue weighted by Gasteiger charge is 2.37. The molecule has 0 radical (unpaired) electrons. The van der Waals surface area contributed by atoms with E-state index in [1.165, 1.54) is 19.3 Å². The van der Waals surface area contributed by atoms with Crippen molar-refractivity contribution in [3.05, 3.63) is 0 Å². The van der Waals surface area contributed by atoms with Gasteiger partial charge in [0.05, 0.1) is 5.92 Å². The molecule has 0 spiro atoms. The highest BCUT2D eigenvalue weighted by Crippen LogP contribution is 2.29. The second-order valence-electron chi connectivity index (χ2n) is 6.30. The van der Waals surface area contributed by atoms with E-state index >= 15 is 0 Å². The molecule has 5 nitrogen and oxygen atoms in total. The van der Waals surface area contributed by atoms with Crippen LogP contribution in [0.2, 0.25) is 0 Å². The number of nitrogens with zero attached hydrogens (tertiary/aromatic N) is 1. The minimum absolute atomic E-state index is 0.0368. The van der Waals surface area contributed by atoms with Crippen LogP contribution < -0.4 is 5.32 Å². The van der Waals surface area contributed by atoms with Gasteiger partial charge in [-0.15, -0.1) is 0 Å². The van der Waals surface area contributed by atoms with E-state index in [-0.39, 0.29) is 11.9 Å². The first-order chi connectivity index (χ1) is 8.97. The van der Waals surface area contributed by atoms with Crippen LogP contribution in [0.4, 0.5) is 4.79 Å². The summed E-state index contributed by atoms with van der Waals surface area (Å²) in [6.45, 7) is 5.76. The number of carbonyl (C=O) groups is 2. The van der Waals surface area contributed by atoms with Gasteiger partial charge in [0.1, 0.15) is 0 Å². The number of carboxylic acid groups (broad SMARTS) is 1. The fourth-order valence-electron chi connectivity index (χ4n) is 3.31. The van der Waals surface area contributed by atoms with Crippen molar-refractivity contribution in [1.29, 1.82) is 0 Å². The monoisotopic (exact) mass is 268 g/mol. The number of hydrogen-bond acceptors (Lipinski definition) is 2.